The molecular weight excluding hydrogens is 344 g/mol. The highest BCUT2D eigenvalue weighted by Gasteiger charge is 2.21. The lowest BCUT2D eigenvalue weighted by molar-refractivity contribution is -0.119. The Morgan fingerprint density at radius 1 is 1.27 bits per heavy atom. The van der Waals surface area contributed by atoms with E-state index >= 15 is 0 Å². The van der Waals surface area contributed by atoms with Crippen LogP contribution in [0.15, 0.2) is 22.7 Å². The van der Waals surface area contributed by atoms with E-state index in [1.54, 1.807) is 0 Å². The number of rotatable bonds is 6. The van der Waals surface area contributed by atoms with Gasteiger partial charge in [0.25, 0.3) is 0 Å². The van der Waals surface area contributed by atoms with Crippen LogP contribution in [0.5, 0.6) is 0 Å². The molecule has 4 nitrogen and oxygen atoms in total. The lowest BCUT2D eigenvalue weighted by Crippen LogP contribution is -2.35. The van der Waals surface area contributed by atoms with E-state index in [0.717, 1.165) is 48.8 Å². The highest BCUT2D eigenvalue weighted by atomic mass is 79.9. The predicted molar refractivity (Wildman–Crippen MR) is 92.0 cm³/mol. The van der Waals surface area contributed by atoms with E-state index in [-0.39, 0.29) is 11.8 Å². The number of amides is 2. The number of hydrogen-bond acceptors (Lipinski definition) is 2. The van der Waals surface area contributed by atoms with Gasteiger partial charge < -0.3 is 10.2 Å². The van der Waals surface area contributed by atoms with Crippen LogP contribution in [-0.2, 0) is 16.0 Å². The molecule has 0 aromatic heterocycles. The third kappa shape index (κ3) is 4.83. The zero-order valence-corrected chi connectivity index (χ0v) is 14.6. The van der Waals surface area contributed by atoms with Gasteiger partial charge in [-0.15, -0.1) is 0 Å². The van der Waals surface area contributed by atoms with Gasteiger partial charge in [-0.2, -0.15) is 0 Å². The van der Waals surface area contributed by atoms with E-state index in [4.69, 9.17) is 0 Å². The molecule has 1 aliphatic rings. The summed E-state index contributed by atoms with van der Waals surface area (Å²) in [7, 11) is 0. The number of carbonyl (C=O) groups excluding carboxylic acids is 2. The molecule has 0 fully saturated rings. The van der Waals surface area contributed by atoms with E-state index in [1.807, 2.05) is 17.0 Å². The molecule has 0 unspecified atom stereocenters. The molecular formula is C17H23BrN2O2. The largest absolute Gasteiger partial charge is 0.356 e. The van der Waals surface area contributed by atoms with Crippen molar-refractivity contribution in [2.45, 2.75) is 45.4 Å². The van der Waals surface area contributed by atoms with Crippen molar-refractivity contribution in [3.63, 3.8) is 0 Å². The van der Waals surface area contributed by atoms with Crippen LogP contribution in [0, 0.1) is 0 Å². The second-order valence-corrected chi connectivity index (χ2v) is 6.63. The van der Waals surface area contributed by atoms with Crippen LogP contribution >= 0.6 is 15.9 Å². The molecule has 0 radical (unpaired) electrons. The lowest BCUT2D eigenvalue weighted by atomic mass is 10.0. The van der Waals surface area contributed by atoms with E-state index in [2.05, 4.69) is 27.3 Å². The Labute approximate surface area is 140 Å². The summed E-state index contributed by atoms with van der Waals surface area (Å²) < 4.78 is 1.07. The molecule has 5 heteroatoms. The number of fused-ring (bicyclic) bond motifs is 1. The monoisotopic (exact) mass is 366 g/mol. The molecule has 0 atom stereocenters. The number of anilines is 1. The molecule has 0 spiro atoms. The molecule has 1 heterocycles. The van der Waals surface area contributed by atoms with Gasteiger partial charge >= 0.3 is 0 Å². The van der Waals surface area contributed by atoms with Gasteiger partial charge in [-0.25, -0.2) is 0 Å². The van der Waals surface area contributed by atoms with Crippen LogP contribution < -0.4 is 10.2 Å². The summed E-state index contributed by atoms with van der Waals surface area (Å²) in [5, 5.41) is 2.78. The number of halogens is 1. The predicted octanol–water partition coefficient (Wildman–Crippen LogP) is 3.42. The minimum absolute atomic E-state index is 0.00663. The number of nitrogens with one attached hydrogen (secondary N) is 1. The second kappa shape index (κ2) is 8.32. The van der Waals surface area contributed by atoms with Crippen LogP contribution in [0.1, 0.15) is 44.6 Å². The number of hydrogen-bond donors (Lipinski definition) is 1. The maximum Gasteiger partial charge on any atom is 0.226 e. The summed E-state index contributed by atoms with van der Waals surface area (Å²) in [6.07, 6.45) is 5.41. The summed E-state index contributed by atoms with van der Waals surface area (Å²) >= 11 is 3.49. The zero-order valence-electron chi connectivity index (χ0n) is 13.0. The van der Waals surface area contributed by atoms with Gasteiger partial charge in [0, 0.05) is 36.6 Å². The summed E-state index contributed by atoms with van der Waals surface area (Å²) in [6.45, 7) is 3.04. The van der Waals surface area contributed by atoms with Crippen molar-refractivity contribution in [3.8, 4) is 0 Å². The number of aryl methyl sites for hydroxylation is 1. The Hall–Kier alpha value is -1.36. The Bertz CT molecular complexity index is 545. The first-order valence-electron chi connectivity index (χ1n) is 7.91. The highest BCUT2D eigenvalue weighted by Crippen LogP contribution is 2.30. The van der Waals surface area contributed by atoms with Crippen LogP contribution in [0.4, 0.5) is 5.69 Å². The first-order valence-corrected chi connectivity index (χ1v) is 8.70. The lowest BCUT2D eigenvalue weighted by Gasteiger charge is -2.29. The van der Waals surface area contributed by atoms with Crippen molar-refractivity contribution in [3.05, 3.63) is 28.2 Å². The van der Waals surface area contributed by atoms with Crippen molar-refractivity contribution in [1.29, 1.82) is 0 Å². The van der Waals surface area contributed by atoms with Gasteiger partial charge in [0.15, 0.2) is 0 Å². The molecule has 0 saturated heterocycles. The number of benzene rings is 1. The van der Waals surface area contributed by atoms with Crippen LogP contribution in [0.2, 0.25) is 0 Å². The molecule has 0 bridgehead atoms. The van der Waals surface area contributed by atoms with Gasteiger partial charge in [0.05, 0.1) is 0 Å². The highest BCUT2D eigenvalue weighted by molar-refractivity contribution is 9.10. The third-order valence-corrected chi connectivity index (χ3v) is 4.40. The number of nitrogens with zero attached hydrogens (tertiary/aromatic N) is 1. The fraction of sp³-hybridized carbons (Fsp3) is 0.529. The van der Waals surface area contributed by atoms with Crippen molar-refractivity contribution in [2.24, 2.45) is 0 Å². The Morgan fingerprint density at radius 2 is 2.09 bits per heavy atom. The van der Waals surface area contributed by atoms with E-state index < -0.39 is 0 Å². The van der Waals surface area contributed by atoms with Gasteiger partial charge in [-0.05, 0) is 49.4 Å². The summed E-state index contributed by atoms with van der Waals surface area (Å²) in [5.74, 6) is 0.218. The fourth-order valence-corrected chi connectivity index (χ4v) is 3.21. The minimum Gasteiger partial charge on any atom is -0.356 e. The molecule has 0 saturated carbocycles. The molecule has 1 aromatic carbocycles. The van der Waals surface area contributed by atoms with E-state index in [9.17, 15) is 9.59 Å². The first kappa shape index (κ1) is 17.0. The normalized spacial score (nSPS) is 13.6. The Kier molecular flexibility index (Phi) is 6.43. The summed E-state index contributed by atoms with van der Waals surface area (Å²) in [6, 6.07) is 6.15. The number of unbranched alkanes of at least 4 members (excludes halogenated alkanes) is 2. The molecule has 120 valence electrons. The molecule has 1 N–H and O–H groups in total. The van der Waals surface area contributed by atoms with Crippen LogP contribution in [0.3, 0.4) is 0 Å². The average Bonchev–Trinajstić information content (AvgIpc) is 2.49. The molecule has 2 amide bonds. The summed E-state index contributed by atoms with van der Waals surface area (Å²) in [5.41, 5.74) is 2.32. The second-order valence-electron chi connectivity index (χ2n) is 5.72. The van der Waals surface area contributed by atoms with Crippen LogP contribution in [-0.4, -0.2) is 24.9 Å². The van der Waals surface area contributed by atoms with Gasteiger partial charge in [-0.1, -0.05) is 22.4 Å². The molecule has 1 aliphatic heterocycles. The molecule has 2 rings (SSSR count). The molecule has 22 heavy (non-hydrogen) atoms. The Morgan fingerprint density at radius 3 is 2.86 bits per heavy atom. The van der Waals surface area contributed by atoms with Gasteiger partial charge in [0.1, 0.15) is 0 Å². The van der Waals surface area contributed by atoms with E-state index in [0.29, 0.717) is 13.0 Å². The maximum atomic E-state index is 12.4. The van der Waals surface area contributed by atoms with Crippen LogP contribution in [0.25, 0.3) is 0 Å². The van der Waals surface area contributed by atoms with Crippen molar-refractivity contribution in [1.82, 2.24) is 5.32 Å². The first-order chi connectivity index (χ1) is 10.6. The third-order valence-electron chi connectivity index (χ3n) is 3.90. The minimum atomic E-state index is 0.00663. The van der Waals surface area contributed by atoms with Crippen molar-refractivity contribution in [2.75, 3.05) is 18.0 Å². The topological polar surface area (TPSA) is 49.4 Å². The van der Waals surface area contributed by atoms with E-state index in [1.165, 1.54) is 12.5 Å². The molecule has 1 aromatic rings. The average molecular weight is 367 g/mol. The maximum absolute atomic E-state index is 12.4. The standard InChI is InChI=1S/C17H23BrN2O2/c1-13(21)19-10-4-2-3-7-17(22)20-11-5-6-14-12-15(18)8-9-16(14)20/h8-9,12H,2-7,10-11H2,1H3,(H,19,21). The Balaban J connectivity index is 1.80. The summed E-state index contributed by atoms with van der Waals surface area (Å²) in [4.78, 5) is 25.1. The molecule has 0 aliphatic carbocycles. The van der Waals surface area contributed by atoms with Gasteiger partial charge in [0.2, 0.25) is 11.8 Å². The fourth-order valence-electron chi connectivity index (χ4n) is 2.80. The zero-order chi connectivity index (χ0) is 15.9. The van der Waals surface area contributed by atoms with Gasteiger partial charge in [-0.3, -0.25) is 9.59 Å². The smallest absolute Gasteiger partial charge is 0.226 e. The number of carbonyl (C=O) groups is 2. The SMILES string of the molecule is CC(=O)NCCCCCC(=O)N1CCCc2cc(Br)ccc21. The van der Waals surface area contributed by atoms with Crippen molar-refractivity contribution < 1.29 is 9.59 Å². The quantitative estimate of drug-likeness (QED) is 0.784. The van der Waals surface area contributed by atoms with Crippen molar-refractivity contribution >= 4 is 33.4 Å².